The van der Waals surface area contributed by atoms with E-state index < -0.39 is 5.97 Å². The first-order valence-electron chi connectivity index (χ1n) is 7.50. The van der Waals surface area contributed by atoms with Gasteiger partial charge in [-0.2, -0.15) is 0 Å². The molecule has 20 heavy (non-hydrogen) atoms. The number of hydrogen-bond acceptors (Lipinski definition) is 3. The Labute approximate surface area is 119 Å². The smallest absolute Gasteiger partial charge is 0.317 e. The summed E-state index contributed by atoms with van der Waals surface area (Å²) in [4.78, 5) is 25.0. The van der Waals surface area contributed by atoms with Gasteiger partial charge in [0.05, 0.1) is 18.6 Å². The van der Waals surface area contributed by atoms with Gasteiger partial charge in [0.1, 0.15) is 0 Å². The van der Waals surface area contributed by atoms with Crippen molar-refractivity contribution in [3.63, 3.8) is 0 Å². The van der Waals surface area contributed by atoms with Crippen LogP contribution < -0.4 is 5.32 Å². The number of ether oxygens (including phenoxy) is 1. The molecule has 6 nitrogen and oxygen atoms in total. The summed E-state index contributed by atoms with van der Waals surface area (Å²) in [5.74, 6) is -1.07. The summed E-state index contributed by atoms with van der Waals surface area (Å²) in [6.45, 7) is 3.85. The predicted molar refractivity (Wildman–Crippen MR) is 73.5 cm³/mol. The van der Waals surface area contributed by atoms with Crippen LogP contribution in [0.2, 0.25) is 0 Å². The van der Waals surface area contributed by atoms with Crippen LogP contribution in [0.15, 0.2) is 0 Å². The zero-order valence-corrected chi connectivity index (χ0v) is 12.0. The normalized spacial score (nSPS) is 30.9. The maximum atomic E-state index is 12.2. The van der Waals surface area contributed by atoms with E-state index >= 15 is 0 Å². The second-order valence-corrected chi connectivity index (χ2v) is 5.70. The summed E-state index contributed by atoms with van der Waals surface area (Å²) in [5.41, 5.74) is 0. The van der Waals surface area contributed by atoms with Crippen molar-refractivity contribution in [2.45, 2.75) is 51.2 Å². The van der Waals surface area contributed by atoms with E-state index in [2.05, 4.69) is 5.32 Å². The minimum Gasteiger partial charge on any atom is -0.481 e. The van der Waals surface area contributed by atoms with Gasteiger partial charge in [-0.25, -0.2) is 4.79 Å². The van der Waals surface area contributed by atoms with E-state index in [0.717, 1.165) is 25.7 Å². The Balaban J connectivity index is 1.83. The van der Waals surface area contributed by atoms with Gasteiger partial charge >= 0.3 is 12.0 Å². The van der Waals surface area contributed by atoms with E-state index in [1.165, 1.54) is 0 Å². The molecule has 6 heteroatoms. The maximum Gasteiger partial charge on any atom is 0.317 e. The monoisotopic (exact) mass is 284 g/mol. The standard InChI is InChI=1S/C14H24N2O4/c1-2-12-9-16(6-7-20-12)14(19)15-11-5-3-4-10(8-11)13(17)18/h10-12H,2-9H2,1H3,(H,15,19)(H,17,18). The van der Waals surface area contributed by atoms with Crippen molar-refractivity contribution in [3.8, 4) is 0 Å². The van der Waals surface area contributed by atoms with E-state index in [9.17, 15) is 9.59 Å². The van der Waals surface area contributed by atoms with Gasteiger partial charge < -0.3 is 20.1 Å². The van der Waals surface area contributed by atoms with E-state index in [1.54, 1.807) is 4.90 Å². The van der Waals surface area contributed by atoms with Crippen LogP contribution in [0.1, 0.15) is 39.0 Å². The number of urea groups is 1. The number of morpholine rings is 1. The number of hydrogen-bond donors (Lipinski definition) is 2. The molecule has 2 aliphatic rings. The highest BCUT2D eigenvalue weighted by molar-refractivity contribution is 5.75. The molecule has 0 aromatic heterocycles. The quantitative estimate of drug-likeness (QED) is 0.822. The fraction of sp³-hybridized carbons (Fsp3) is 0.857. The zero-order valence-electron chi connectivity index (χ0n) is 12.0. The number of amides is 2. The molecular formula is C14H24N2O4. The first-order chi connectivity index (χ1) is 9.60. The van der Waals surface area contributed by atoms with Crippen molar-refractivity contribution in [1.82, 2.24) is 10.2 Å². The third-order valence-electron chi connectivity index (χ3n) is 4.23. The number of carbonyl (C=O) groups excluding carboxylic acids is 1. The van der Waals surface area contributed by atoms with Crippen molar-refractivity contribution < 1.29 is 19.4 Å². The third kappa shape index (κ3) is 3.85. The van der Waals surface area contributed by atoms with Gasteiger partial charge in [-0.05, 0) is 25.7 Å². The van der Waals surface area contributed by atoms with Crippen LogP contribution in [0, 0.1) is 5.92 Å². The molecule has 1 saturated carbocycles. The van der Waals surface area contributed by atoms with E-state index in [0.29, 0.717) is 26.1 Å². The maximum absolute atomic E-state index is 12.2. The fourth-order valence-electron chi connectivity index (χ4n) is 2.96. The van der Waals surface area contributed by atoms with Gasteiger partial charge in [-0.1, -0.05) is 13.3 Å². The Morgan fingerprint density at radius 1 is 1.40 bits per heavy atom. The zero-order chi connectivity index (χ0) is 14.5. The van der Waals surface area contributed by atoms with Crippen molar-refractivity contribution >= 4 is 12.0 Å². The van der Waals surface area contributed by atoms with Gasteiger partial charge in [0.25, 0.3) is 0 Å². The lowest BCUT2D eigenvalue weighted by Gasteiger charge is -2.35. The lowest BCUT2D eigenvalue weighted by molar-refractivity contribution is -0.143. The Kier molecular flexibility index (Phi) is 5.23. The minimum atomic E-state index is -0.749. The number of nitrogens with one attached hydrogen (secondary N) is 1. The molecule has 2 N–H and O–H groups in total. The molecule has 1 saturated heterocycles. The average Bonchev–Trinajstić information content (AvgIpc) is 2.47. The summed E-state index contributed by atoms with van der Waals surface area (Å²) in [7, 11) is 0. The van der Waals surface area contributed by atoms with Crippen molar-refractivity contribution in [3.05, 3.63) is 0 Å². The molecule has 0 spiro atoms. The SMILES string of the molecule is CCC1CN(C(=O)NC2CCCC(C(=O)O)C2)CCO1. The molecule has 3 unspecified atom stereocenters. The van der Waals surface area contributed by atoms with Crippen molar-refractivity contribution in [2.75, 3.05) is 19.7 Å². The second kappa shape index (κ2) is 6.92. The van der Waals surface area contributed by atoms with Crippen LogP contribution in [-0.4, -0.2) is 53.8 Å². The van der Waals surface area contributed by atoms with E-state index in [1.807, 2.05) is 6.92 Å². The van der Waals surface area contributed by atoms with Crippen LogP contribution in [0.4, 0.5) is 4.79 Å². The lowest BCUT2D eigenvalue weighted by atomic mass is 9.86. The van der Waals surface area contributed by atoms with Crippen LogP contribution in [0.5, 0.6) is 0 Å². The topological polar surface area (TPSA) is 78.9 Å². The van der Waals surface area contributed by atoms with Crippen LogP contribution in [0.25, 0.3) is 0 Å². The Hall–Kier alpha value is -1.30. The molecule has 114 valence electrons. The van der Waals surface area contributed by atoms with E-state index in [4.69, 9.17) is 9.84 Å². The fourth-order valence-corrected chi connectivity index (χ4v) is 2.96. The van der Waals surface area contributed by atoms with Gasteiger partial charge in [0.15, 0.2) is 0 Å². The Morgan fingerprint density at radius 3 is 2.90 bits per heavy atom. The molecule has 0 aromatic rings. The van der Waals surface area contributed by atoms with Crippen LogP contribution in [0.3, 0.4) is 0 Å². The lowest BCUT2D eigenvalue weighted by Crippen LogP contribution is -2.52. The number of carboxylic acid groups (broad SMARTS) is 1. The molecule has 2 fully saturated rings. The van der Waals surface area contributed by atoms with Crippen molar-refractivity contribution in [1.29, 1.82) is 0 Å². The number of nitrogens with zero attached hydrogens (tertiary/aromatic N) is 1. The van der Waals surface area contributed by atoms with Crippen LogP contribution >= 0.6 is 0 Å². The van der Waals surface area contributed by atoms with Gasteiger partial charge in [0, 0.05) is 19.1 Å². The largest absolute Gasteiger partial charge is 0.481 e. The van der Waals surface area contributed by atoms with Crippen molar-refractivity contribution in [2.24, 2.45) is 5.92 Å². The first-order valence-corrected chi connectivity index (χ1v) is 7.50. The minimum absolute atomic E-state index is 0.0136. The number of carboxylic acids is 1. The molecule has 0 bridgehead atoms. The predicted octanol–water partition coefficient (Wildman–Crippen LogP) is 1.45. The Bertz CT molecular complexity index is 361. The van der Waals surface area contributed by atoms with Crippen LogP contribution in [-0.2, 0) is 9.53 Å². The van der Waals surface area contributed by atoms with E-state index in [-0.39, 0.29) is 24.1 Å². The van der Waals surface area contributed by atoms with Gasteiger partial charge in [0.2, 0.25) is 0 Å². The number of aliphatic carboxylic acids is 1. The molecule has 0 radical (unpaired) electrons. The average molecular weight is 284 g/mol. The molecule has 2 rings (SSSR count). The first kappa shape index (κ1) is 15.1. The van der Waals surface area contributed by atoms with Gasteiger partial charge in [-0.3, -0.25) is 4.79 Å². The second-order valence-electron chi connectivity index (χ2n) is 5.70. The molecule has 2 amide bonds. The van der Waals surface area contributed by atoms with Gasteiger partial charge in [-0.15, -0.1) is 0 Å². The number of rotatable bonds is 3. The molecule has 1 aliphatic heterocycles. The summed E-state index contributed by atoms with van der Waals surface area (Å²) in [6, 6.07) is -0.0944. The molecular weight excluding hydrogens is 260 g/mol. The summed E-state index contributed by atoms with van der Waals surface area (Å²) < 4.78 is 5.55. The summed E-state index contributed by atoms with van der Waals surface area (Å²) in [5, 5.41) is 12.1. The highest BCUT2D eigenvalue weighted by Gasteiger charge is 2.30. The molecule has 0 aromatic carbocycles. The Morgan fingerprint density at radius 2 is 2.20 bits per heavy atom. The third-order valence-corrected chi connectivity index (χ3v) is 4.23. The molecule has 1 heterocycles. The highest BCUT2D eigenvalue weighted by Crippen LogP contribution is 2.24. The molecule has 3 atom stereocenters. The number of carbonyl (C=O) groups is 2. The molecule has 1 aliphatic carbocycles. The summed E-state index contributed by atoms with van der Waals surface area (Å²) in [6.07, 6.45) is 4.01. The summed E-state index contributed by atoms with van der Waals surface area (Å²) >= 11 is 0. The highest BCUT2D eigenvalue weighted by atomic mass is 16.5.